The van der Waals surface area contributed by atoms with Gasteiger partial charge in [-0.05, 0) is 189 Å². The first-order valence-electron chi connectivity index (χ1n) is 39.9. The van der Waals surface area contributed by atoms with E-state index in [0.29, 0.717) is 0 Å². The van der Waals surface area contributed by atoms with Crippen molar-refractivity contribution in [2.75, 3.05) is 0 Å². The Bertz CT molecular complexity index is 5130. The average Bonchev–Trinajstić information content (AvgIpc) is 1.64. The molecule has 0 fully saturated rings. The number of fused-ring (bicyclic) bond motifs is 5. The van der Waals surface area contributed by atoms with Crippen LogP contribution in [0, 0.1) is 0 Å². The number of hydrogen-bond donors (Lipinski definition) is 7. The molecule has 0 saturated heterocycles. The van der Waals surface area contributed by atoms with E-state index in [9.17, 15) is 0 Å². The van der Waals surface area contributed by atoms with Crippen LogP contribution in [0.1, 0.15) is 0 Å². The van der Waals surface area contributed by atoms with Crippen molar-refractivity contribution < 1.29 is 13.4 Å². The monoisotopic (exact) mass is 1920 g/mol. The molecule has 40 heteroatoms. The van der Waals surface area contributed by atoms with Gasteiger partial charge < -0.3 is 38.3 Å². The lowest BCUT2D eigenvalue weighted by atomic mass is 10.3. The Labute approximate surface area is 806 Å². The minimum Gasteiger partial charge on any atom is -0.473 e. The SMILES string of the molecule is c1c[nH]cn1.c1c[nH]cn1.c1cc2sccc2s1.c1cc[nH]c1.c1ccc2[nH]ccc2c1.c1ccc2[nH]cnc2c1.c1ccc2nccnc2c1.c1ccc2sccc2c1.c1ccncc1.c1ccnnc1.c1ccoc1.c1ccsc1.c1cn[nH]c1.c1cnccn1.c1cncnc1.c1cncnc1.c1cnoc1.c1cnsc1.c1cocn1.c1cscn1.c1nc[nH]n1.c1ncncn1. The van der Waals surface area contributed by atoms with Crippen LogP contribution in [0.2, 0.25) is 0 Å². The number of oxazole rings is 1. The van der Waals surface area contributed by atoms with Crippen molar-refractivity contribution in [1.29, 1.82) is 0 Å². The molecule has 686 valence electrons. The molecule has 7 N–H and O–H groups in total. The molecule has 27 aromatic rings. The Morgan fingerprint density at radius 2 is 0.838 bits per heavy atom. The lowest BCUT2D eigenvalue weighted by Crippen LogP contribution is -1.78. The number of pyridine rings is 1. The largest absolute Gasteiger partial charge is 0.473 e. The van der Waals surface area contributed by atoms with E-state index in [0.717, 1.165) is 22.1 Å². The second-order valence-electron chi connectivity index (χ2n) is 23.1. The zero-order valence-electron chi connectivity index (χ0n) is 72.6. The molecule has 0 aliphatic heterocycles. The van der Waals surface area contributed by atoms with E-state index in [-0.39, 0.29) is 0 Å². The average molecular weight is 1920 g/mol. The third-order valence-corrected chi connectivity index (χ3v) is 18.2. The quantitative estimate of drug-likeness (QED) is 0.0741. The van der Waals surface area contributed by atoms with Gasteiger partial charge in [-0.25, -0.2) is 64.2 Å². The number of aromatic nitrogens is 31. The van der Waals surface area contributed by atoms with Crippen molar-refractivity contribution in [3.8, 4) is 0 Å². The van der Waals surface area contributed by atoms with Crippen LogP contribution >= 0.6 is 68.2 Å². The van der Waals surface area contributed by atoms with Gasteiger partial charge in [0.15, 0.2) is 6.39 Å². The van der Waals surface area contributed by atoms with Crippen LogP contribution in [0.15, 0.2) is 537 Å². The molecule has 23 aromatic heterocycles. The smallest absolute Gasteiger partial charge is 0.180 e. The van der Waals surface area contributed by atoms with Gasteiger partial charge in [-0.1, -0.05) is 84.0 Å². The minimum atomic E-state index is 0.949. The fourth-order valence-corrected chi connectivity index (χ4v) is 11.9. The first-order valence-corrected chi connectivity index (χ1v) is 45.2. The number of H-pyrrole nitrogens is 7. The number of aromatic amines is 7. The number of imidazole rings is 3. The summed E-state index contributed by atoms with van der Waals surface area (Å²) in [6.45, 7) is 0. The summed E-state index contributed by atoms with van der Waals surface area (Å²) in [6, 6.07) is 70.9. The molecule has 0 aliphatic carbocycles. The van der Waals surface area contributed by atoms with E-state index in [1.165, 1.54) is 105 Å². The van der Waals surface area contributed by atoms with Gasteiger partial charge in [-0.3, -0.25) is 40.1 Å². The third-order valence-electron chi connectivity index (χ3n) is 13.8. The van der Waals surface area contributed by atoms with E-state index < -0.39 is 0 Å². The Morgan fingerprint density at radius 1 is 0.250 bits per heavy atom. The molecular weight excluding hydrogens is 1830 g/mol. The number of para-hydroxylation sites is 5. The number of thiazole rings is 1. The maximum atomic E-state index is 4.58. The highest BCUT2D eigenvalue weighted by Gasteiger charge is 1.93. The van der Waals surface area contributed by atoms with Crippen molar-refractivity contribution in [3.05, 3.63) is 524 Å². The summed E-state index contributed by atoms with van der Waals surface area (Å²) in [4.78, 5) is 81.6. The van der Waals surface area contributed by atoms with Crippen molar-refractivity contribution >= 4 is 121 Å². The summed E-state index contributed by atoms with van der Waals surface area (Å²) in [7, 11) is 0. The zero-order chi connectivity index (χ0) is 94.9. The Kier molecular flexibility index (Phi) is 65.0. The Balaban J connectivity index is 0.000000220. The Hall–Kier alpha value is -18.0. The van der Waals surface area contributed by atoms with Gasteiger partial charge in [0.05, 0.1) is 71.5 Å². The van der Waals surface area contributed by atoms with E-state index in [4.69, 9.17) is 0 Å². The number of nitrogens with one attached hydrogen (secondary N) is 7. The predicted molar refractivity (Wildman–Crippen MR) is 541 cm³/mol. The Morgan fingerprint density at radius 3 is 1.17 bits per heavy atom. The molecule has 0 unspecified atom stereocenters. The maximum absolute atomic E-state index is 4.58. The summed E-state index contributed by atoms with van der Waals surface area (Å²) < 4.78 is 21.3. The normalized spacial score (nSPS) is 8.74. The van der Waals surface area contributed by atoms with Crippen LogP contribution in [0.25, 0.3) is 52.5 Å². The first kappa shape index (κ1) is 107. The van der Waals surface area contributed by atoms with Crippen molar-refractivity contribution in [1.82, 2.24) is 155 Å². The van der Waals surface area contributed by atoms with Gasteiger partial charge >= 0.3 is 0 Å². The van der Waals surface area contributed by atoms with E-state index in [1.54, 1.807) is 261 Å². The number of rotatable bonds is 0. The van der Waals surface area contributed by atoms with Gasteiger partial charge in [0.1, 0.15) is 56.8 Å². The molecule has 0 aliphatic rings. The standard InChI is InChI=1S/C8H6N2.C8H7N.C8H6S.C7H6N2.C6H4S2.C5H5N.4C4H4N2.C4H5N.C4H4O.C4H4S.C3H3N3.3C3H4N2.2C3H3NO.2C3H3NS.C2H3N3/c1-2-4-8-7(3-1)9-5-6-10-8;2*1-2-4-8-7(3-1)5-6-9-8;1-2-4-7-6(3-1)8-5-9-7;1-3-7-6-2-4-8-5(1)6;1-2-4-6-5-3-1;1-2-6-4-3-5-1;2*1-2-5-4-6-3-1;1-2-4-6-5-3-1;3*1-2-4-5-3-1;1-4-2-6-3-5-1;2*1-2-5-3-4-1;1-2-4-5-3-1;1-2-5-3-4-1;1-2-4-5-3-1;1-2-5-3-4-1;1-2-4-5-3-1;1-3-2-5-4-1/h1-6H;1-6,9H;1-6H;1-5H,(H,8,9);1-4H;1-5H;4*1-4H;1-5H;2*1-4H;1-3H;3*1-3H,(H,4,5);4*1-3H;1-2H,(H,3,4,5). The number of benzene rings is 4. The van der Waals surface area contributed by atoms with E-state index >= 15 is 0 Å². The zero-order valence-corrected chi connectivity index (χ0v) is 77.5. The lowest BCUT2D eigenvalue weighted by Gasteiger charge is -1.90. The lowest BCUT2D eigenvalue weighted by molar-refractivity contribution is 0.420. The van der Waals surface area contributed by atoms with Gasteiger partial charge in [-0.2, -0.15) is 31.7 Å². The predicted octanol–water partition coefficient (Wildman–Crippen LogP) is 22.8. The first-order chi connectivity index (χ1) is 67.8. The second kappa shape index (κ2) is 82.7. The summed E-state index contributed by atoms with van der Waals surface area (Å²) in [6.07, 6.45) is 69.1. The van der Waals surface area contributed by atoms with Crippen LogP contribution in [-0.2, 0) is 0 Å². The molecule has 0 bridgehead atoms. The van der Waals surface area contributed by atoms with E-state index in [2.05, 4.69) is 245 Å². The summed E-state index contributed by atoms with van der Waals surface area (Å²) in [5, 5.41) is 39.5. The molecule has 23 heterocycles. The van der Waals surface area contributed by atoms with Gasteiger partial charge in [0.25, 0.3) is 0 Å². The number of hydrogen-bond acceptors (Lipinski definition) is 33. The van der Waals surface area contributed by atoms with Crippen LogP contribution in [-0.4, -0.2) is 155 Å². The number of nitrogens with zero attached hydrogens (tertiary/aromatic N) is 24. The molecule has 0 amide bonds. The minimum absolute atomic E-state index is 0.949. The molecule has 27 rings (SSSR count). The topological polar surface area (TPSA) is 459 Å². The summed E-state index contributed by atoms with van der Waals surface area (Å²) in [5.74, 6) is 0. The van der Waals surface area contributed by atoms with E-state index in [1.807, 2.05) is 180 Å². The van der Waals surface area contributed by atoms with Crippen LogP contribution in [0.5, 0.6) is 0 Å². The highest BCUT2D eigenvalue weighted by atomic mass is 32.1. The maximum Gasteiger partial charge on any atom is 0.180 e. The van der Waals surface area contributed by atoms with Crippen LogP contribution in [0.4, 0.5) is 0 Å². The molecule has 0 saturated carbocycles. The molecule has 34 nitrogen and oxygen atoms in total. The molecule has 0 spiro atoms. The fourth-order valence-electron chi connectivity index (χ4n) is 8.16. The van der Waals surface area contributed by atoms with Gasteiger partial charge in [-0.15, -0.1) is 45.3 Å². The van der Waals surface area contributed by atoms with Crippen LogP contribution < -0.4 is 0 Å². The number of thiophene rings is 4. The molecule has 0 radical (unpaired) electrons. The molecule has 4 aromatic carbocycles. The van der Waals surface area contributed by atoms with Gasteiger partial charge in [0.2, 0.25) is 0 Å². The molecule has 0 atom stereocenters. The van der Waals surface area contributed by atoms with Crippen LogP contribution in [0.3, 0.4) is 0 Å². The molecular formula is C96H93N31O3S6. The van der Waals surface area contributed by atoms with Gasteiger partial charge in [0, 0.05) is 185 Å². The van der Waals surface area contributed by atoms with Crippen molar-refractivity contribution in [3.63, 3.8) is 0 Å². The summed E-state index contributed by atoms with van der Waals surface area (Å²) in [5.41, 5.74) is 7.02. The molecule has 136 heavy (non-hydrogen) atoms. The highest BCUT2D eigenvalue weighted by Crippen LogP contribution is 2.25. The second-order valence-corrected chi connectivity index (χ2v) is 28.2. The fraction of sp³-hybridized carbons (Fsp3) is 0. The highest BCUT2D eigenvalue weighted by molar-refractivity contribution is 7.25. The third kappa shape index (κ3) is 61.5. The van der Waals surface area contributed by atoms with Crippen molar-refractivity contribution in [2.24, 2.45) is 0 Å². The summed E-state index contributed by atoms with van der Waals surface area (Å²) >= 11 is 10.2. The number of furan rings is 1. The van der Waals surface area contributed by atoms with Crippen molar-refractivity contribution in [2.45, 2.75) is 0 Å².